The van der Waals surface area contributed by atoms with E-state index in [0.29, 0.717) is 40.5 Å². The number of amides is 2. The summed E-state index contributed by atoms with van der Waals surface area (Å²) in [7, 11) is 1.75. The third kappa shape index (κ3) is 7.02. The highest BCUT2D eigenvalue weighted by Gasteiger charge is 2.25. The molecule has 0 saturated heterocycles. The third-order valence-corrected chi connectivity index (χ3v) is 7.10. The Kier molecular flexibility index (Phi) is 8.98. The largest absolute Gasteiger partial charge is 0.465 e. The minimum atomic E-state index is -1.17. The Morgan fingerprint density at radius 2 is 1.72 bits per heavy atom. The van der Waals surface area contributed by atoms with Crippen LogP contribution in [0.5, 0.6) is 0 Å². The van der Waals surface area contributed by atoms with Crippen LogP contribution in [0.2, 0.25) is 0 Å². The first-order valence-electron chi connectivity index (χ1n) is 12.4. The van der Waals surface area contributed by atoms with Gasteiger partial charge in [0.1, 0.15) is 6.04 Å². The van der Waals surface area contributed by atoms with Crippen LogP contribution in [0.15, 0.2) is 80.4 Å². The summed E-state index contributed by atoms with van der Waals surface area (Å²) in [6, 6.07) is 20.4. The topological polar surface area (TPSA) is 125 Å². The SMILES string of the molecule is Cc1c(CNC(=O)O)cc(Br)c2nc(N[C@@H](Cc3ccccc3)C(=O)N(C)CCc3ccccc3)oc(=O)c12. The summed E-state index contributed by atoms with van der Waals surface area (Å²) in [5, 5.41) is 14.6. The lowest BCUT2D eigenvalue weighted by atomic mass is 10.0. The van der Waals surface area contributed by atoms with Crippen molar-refractivity contribution in [1.82, 2.24) is 15.2 Å². The van der Waals surface area contributed by atoms with E-state index in [-0.39, 0.29) is 23.9 Å². The summed E-state index contributed by atoms with van der Waals surface area (Å²) in [4.78, 5) is 43.8. The number of carbonyl (C=O) groups is 2. The Bertz CT molecular complexity index is 1530. The normalized spacial score (nSPS) is 11.7. The van der Waals surface area contributed by atoms with Gasteiger partial charge < -0.3 is 25.1 Å². The molecule has 9 nitrogen and oxygen atoms in total. The van der Waals surface area contributed by atoms with Gasteiger partial charge in [-0.05, 0) is 57.6 Å². The average Bonchev–Trinajstić information content (AvgIpc) is 2.93. The Morgan fingerprint density at radius 3 is 2.36 bits per heavy atom. The van der Waals surface area contributed by atoms with Gasteiger partial charge in [-0.3, -0.25) is 4.79 Å². The van der Waals surface area contributed by atoms with Crippen molar-refractivity contribution >= 4 is 44.8 Å². The maximum absolute atomic E-state index is 13.6. The van der Waals surface area contributed by atoms with Gasteiger partial charge in [0.2, 0.25) is 5.91 Å². The Hall–Kier alpha value is -4.18. The molecule has 0 aliphatic rings. The van der Waals surface area contributed by atoms with Crippen molar-refractivity contribution in [2.24, 2.45) is 0 Å². The monoisotopic (exact) mass is 592 g/mol. The third-order valence-electron chi connectivity index (χ3n) is 6.49. The quantitative estimate of drug-likeness (QED) is 0.242. The van der Waals surface area contributed by atoms with Crippen molar-refractivity contribution in [3.8, 4) is 0 Å². The number of carbonyl (C=O) groups excluding carboxylic acids is 1. The zero-order valence-electron chi connectivity index (χ0n) is 21.6. The Morgan fingerprint density at radius 1 is 1.08 bits per heavy atom. The Labute approximate surface area is 234 Å². The van der Waals surface area contributed by atoms with Gasteiger partial charge in [-0.1, -0.05) is 60.7 Å². The van der Waals surface area contributed by atoms with Crippen molar-refractivity contribution in [2.45, 2.75) is 32.4 Å². The summed E-state index contributed by atoms with van der Waals surface area (Å²) in [5.41, 5.74) is 2.96. The van der Waals surface area contributed by atoms with Gasteiger partial charge in [-0.15, -0.1) is 0 Å². The molecular formula is C29H29BrN4O5. The fourth-order valence-corrected chi connectivity index (χ4v) is 4.91. The first kappa shape index (κ1) is 27.8. The van der Waals surface area contributed by atoms with E-state index in [4.69, 9.17) is 9.52 Å². The molecule has 10 heteroatoms. The van der Waals surface area contributed by atoms with Gasteiger partial charge in [-0.2, -0.15) is 4.98 Å². The molecule has 1 heterocycles. The Balaban J connectivity index is 1.62. The minimum absolute atomic E-state index is 0.0259. The van der Waals surface area contributed by atoms with Crippen LogP contribution >= 0.6 is 15.9 Å². The number of anilines is 1. The van der Waals surface area contributed by atoms with Crippen molar-refractivity contribution in [3.05, 3.63) is 104 Å². The van der Waals surface area contributed by atoms with Crippen molar-refractivity contribution in [2.75, 3.05) is 18.9 Å². The standard InChI is InChI=1S/C29H29BrN4O5/c1-18-21(17-31-29(37)38)16-22(30)25-24(18)27(36)39-28(33-25)32-23(15-20-11-7-4-8-12-20)26(35)34(2)14-13-19-9-5-3-6-10-19/h3-12,16,23,31H,13-15,17H2,1-2H3,(H,32,33)(H,37,38)/t23-/m0/s1. The zero-order chi connectivity index (χ0) is 27.9. The first-order valence-corrected chi connectivity index (χ1v) is 13.2. The molecule has 0 fully saturated rings. The van der Waals surface area contributed by atoms with E-state index in [0.717, 1.165) is 11.1 Å². The predicted molar refractivity (Wildman–Crippen MR) is 153 cm³/mol. The molecule has 0 aliphatic heterocycles. The van der Waals surface area contributed by atoms with E-state index < -0.39 is 17.8 Å². The number of likely N-dealkylation sites (N-methyl/N-ethyl adjacent to an activating group) is 1. The number of fused-ring (bicyclic) bond motifs is 1. The fourth-order valence-electron chi connectivity index (χ4n) is 4.34. The van der Waals surface area contributed by atoms with Gasteiger partial charge >= 0.3 is 11.7 Å². The van der Waals surface area contributed by atoms with Crippen molar-refractivity contribution in [3.63, 3.8) is 0 Å². The highest BCUT2D eigenvalue weighted by atomic mass is 79.9. The number of halogens is 1. The molecule has 3 aromatic carbocycles. The number of aromatic nitrogens is 1. The van der Waals surface area contributed by atoms with Crippen LogP contribution in [0.25, 0.3) is 10.9 Å². The van der Waals surface area contributed by atoms with E-state index >= 15 is 0 Å². The predicted octanol–water partition coefficient (Wildman–Crippen LogP) is 4.75. The molecule has 4 rings (SSSR count). The second-order valence-electron chi connectivity index (χ2n) is 9.21. The van der Waals surface area contributed by atoms with E-state index in [9.17, 15) is 14.4 Å². The lowest BCUT2D eigenvalue weighted by Gasteiger charge is -2.25. The molecule has 2 amide bonds. The molecule has 4 aromatic rings. The van der Waals surface area contributed by atoms with E-state index in [1.54, 1.807) is 24.9 Å². The molecule has 1 aromatic heterocycles. The number of carboxylic acid groups (broad SMARTS) is 1. The second kappa shape index (κ2) is 12.6. The van der Waals surface area contributed by atoms with Crippen molar-refractivity contribution < 1.29 is 19.1 Å². The van der Waals surface area contributed by atoms with Crippen LogP contribution in [-0.2, 0) is 24.2 Å². The number of aryl methyl sites for hydroxylation is 1. The molecule has 202 valence electrons. The summed E-state index contributed by atoms with van der Waals surface area (Å²) in [6.45, 7) is 2.25. The molecule has 3 N–H and O–H groups in total. The summed E-state index contributed by atoms with van der Waals surface area (Å²) >= 11 is 3.45. The number of hydrogen-bond donors (Lipinski definition) is 3. The molecule has 0 radical (unpaired) electrons. The lowest BCUT2D eigenvalue weighted by molar-refractivity contribution is -0.130. The molecule has 0 aliphatic carbocycles. The molecule has 0 saturated carbocycles. The number of nitrogens with zero attached hydrogens (tertiary/aromatic N) is 2. The molecule has 0 bridgehead atoms. The fraction of sp³-hybridized carbons (Fsp3) is 0.241. The second-order valence-corrected chi connectivity index (χ2v) is 10.1. The summed E-state index contributed by atoms with van der Waals surface area (Å²) in [5.74, 6) is -0.162. The zero-order valence-corrected chi connectivity index (χ0v) is 23.2. The molecular weight excluding hydrogens is 564 g/mol. The van der Waals surface area contributed by atoms with Gasteiger partial charge in [-0.25, -0.2) is 9.59 Å². The van der Waals surface area contributed by atoms with Gasteiger partial charge in [0.05, 0.1) is 10.9 Å². The van der Waals surface area contributed by atoms with Crippen LogP contribution in [-0.4, -0.2) is 46.6 Å². The number of rotatable bonds is 10. The minimum Gasteiger partial charge on any atom is -0.465 e. The number of nitrogens with one attached hydrogen (secondary N) is 2. The lowest BCUT2D eigenvalue weighted by Crippen LogP contribution is -2.43. The molecule has 1 atom stereocenters. The average molecular weight is 593 g/mol. The summed E-state index contributed by atoms with van der Waals surface area (Å²) < 4.78 is 6.03. The van der Waals surface area contributed by atoms with E-state index in [1.165, 1.54) is 0 Å². The van der Waals surface area contributed by atoms with Crippen LogP contribution in [0.3, 0.4) is 0 Å². The van der Waals surface area contributed by atoms with Crippen LogP contribution < -0.4 is 16.3 Å². The van der Waals surface area contributed by atoms with Gasteiger partial charge in [0, 0.05) is 31.0 Å². The number of hydrogen-bond acceptors (Lipinski definition) is 6. The first-order chi connectivity index (χ1) is 18.7. The highest BCUT2D eigenvalue weighted by molar-refractivity contribution is 9.10. The van der Waals surface area contributed by atoms with Crippen LogP contribution in [0.1, 0.15) is 22.3 Å². The molecule has 0 spiro atoms. The maximum atomic E-state index is 13.6. The molecule has 0 unspecified atom stereocenters. The van der Waals surface area contributed by atoms with Gasteiger partial charge in [0.25, 0.3) is 6.01 Å². The highest BCUT2D eigenvalue weighted by Crippen LogP contribution is 2.28. The maximum Gasteiger partial charge on any atom is 0.404 e. The van der Waals surface area contributed by atoms with E-state index in [2.05, 4.69) is 31.5 Å². The van der Waals surface area contributed by atoms with Crippen LogP contribution in [0, 0.1) is 6.92 Å². The van der Waals surface area contributed by atoms with Crippen LogP contribution in [0.4, 0.5) is 10.8 Å². The smallest absolute Gasteiger partial charge is 0.404 e. The summed E-state index contributed by atoms with van der Waals surface area (Å²) in [6.07, 6.45) is -0.104. The molecule has 39 heavy (non-hydrogen) atoms. The van der Waals surface area contributed by atoms with E-state index in [1.807, 2.05) is 60.7 Å². The number of benzene rings is 3. The van der Waals surface area contributed by atoms with Gasteiger partial charge in [0.15, 0.2) is 0 Å². The van der Waals surface area contributed by atoms with Crippen molar-refractivity contribution in [1.29, 1.82) is 0 Å².